The lowest BCUT2D eigenvalue weighted by atomic mass is 9.75. The topological polar surface area (TPSA) is 71.6 Å². The van der Waals surface area contributed by atoms with Crippen LogP contribution in [0.15, 0.2) is 48.0 Å². The number of rotatable bonds is 3. The van der Waals surface area contributed by atoms with Gasteiger partial charge in [0.2, 0.25) is 0 Å². The molecule has 3 atom stereocenters. The van der Waals surface area contributed by atoms with Crippen molar-refractivity contribution in [2.45, 2.75) is 24.9 Å². The number of halogens is 2. The molecule has 2 aromatic carbocycles. The van der Waals surface area contributed by atoms with Crippen molar-refractivity contribution < 1.29 is 23.5 Å². The number of aromatic nitrogens is 1. The maximum absolute atomic E-state index is 13.9. The molecule has 0 aliphatic carbocycles. The monoisotopic (exact) mass is 480 g/mol. The molecule has 1 fully saturated rings. The van der Waals surface area contributed by atoms with Crippen LogP contribution in [0.25, 0.3) is 15.9 Å². The summed E-state index contributed by atoms with van der Waals surface area (Å²) in [4.78, 5) is 31.5. The zero-order valence-corrected chi connectivity index (χ0v) is 19.2. The molecule has 1 unspecified atom stereocenters. The molecule has 6 rings (SSSR count). The molecule has 1 aromatic heterocycles. The fourth-order valence-corrected chi connectivity index (χ4v) is 5.93. The van der Waals surface area contributed by atoms with Gasteiger partial charge < -0.3 is 14.5 Å². The normalized spacial score (nSPS) is 24.0. The number of fused-ring (bicyclic) bond motifs is 7. The number of nitrogens with zero attached hydrogens (tertiary/aromatic N) is 1. The van der Waals surface area contributed by atoms with Crippen molar-refractivity contribution in [3.05, 3.63) is 70.7 Å². The lowest BCUT2D eigenvalue weighted by molar-refractivity contribution is -0.156. The Labute approximate surface area is 200 Å². The summed E-state index contributed by atoms with van der Waals surface area (Å²) in [7, 11) is 1.31. The molecule has 3 aliphatic rings. The van der Waals surface area contributed by atoms with Crippen molar-refractivity contribution in [2.75, 3.05) is 20.3 Å². The summed E-state index contributed by atoms with van der Waals surface area (Å²) in [5.41, 5.74) is 4.42. The van der Waals surface area contributed by atoms with E-state index in [1.165, 1.54) is 19.2 Å². The number of esters is 1. The van der Waals surface area contributed by atoms with E-state index in [0.717, 1.165) is 27.7 Å². The van der Waals surface area contributed by atoms with Crippen LogP contribution in [0.3, 0.4) is 0 Å². The molecule has 6 nitrogen and oxygen atoms in total. The zero-order chi connectivity index (χ0) is 23.6. The Morgan fingerprint density at radius 2 is 2.09 bits per heavy atom. The maximum atomic E-state index is 13.9. The summed E-state index contributed by atoms with van der Waals surface area (Å²) < 4.78 is 24.7. The highest BCUT2D eigenvalue weighted by atomic mass is 35.5. The quantitative estimate of drug-likeness (QED) is 0.445. The van der Waals surface area contributed by atoms with E-state index in [-0.39, 0.29) is 18.4 Å². The first-order valence-corrected chi connectivity index (χ1v) is 11.6. The van der Waals surface area contributed by atoms with Gasteiger partial charge in [-0.2, -0.15) is 0 Å². The molecule has 3 aromatic rings. The zero-order valence-electron chi connectivity index (χ0n) is 18.4. The average Bonchev–Trinajstić information content (AvgIpc) is 3.21. The van der Waals surface area contributed by atoms with Crippen LogP contribution in [0.5, 0.6) is 5.75 Å². The number of ketones is 1. The van der Waals surface area contributed by atoms with Gasteiger partial charge >= 0.3 is 5.97 Å². The molecule has 8 heteroatoms. The predicted octanol–water partition coefficient (Wildman–Crippen LogP) is 4.38. The first-order chi connectivity index (χ1) is 16.5. The first kappa shape index (κ1) is 21.4. The third-order valence-electron chi connectivity index (χ3n) is 7.24. The molecule has 4 heterocycles. The second kappa shape index (κ2) is 7.96. The molecular weight excluding hydrogens is 459 g/mol. The van der Waals surface area contributed by atoms with Crippen molar-refractivity contribution in [3.63, 3.8) is 0 Å². The smallest absolute Gasteiger partial charge is 0.316 e. The molecule has 1 saturated heterocycles. The Bertz CT molecular complexity index is 1380. The largest absolute Gasteiger partial charge is 0.488 e. The van der Waals surface area contributed by atoms with Crippen LogP contribution in [0, 0.1) is 11.7 Å². The molecule has 2 bridgehead atoms. The molecule has 34 heavy (non-hydrogen) atoms. The van der Waals surface area contributed by atoms with Gasteiger partial charge in [0.25, 0.3) is 0 Å². The van der Waals surface area contributed by atoms with Crippen LogP contribution in [0.1, 0.15) is 29.3 Å². The highest BCUT2D eigenvalue weighted by Crippen LogP contribution is 2.47. The van der Waals surface area contributed by atoms with Crippen molar-refractivity contribution in [2.24, 2.45) is 5.92 Å². The van der Waals surface area contributed by atoms with Gasteiger partial charge in [-0.15, -0.1) is 0 Å². The van der Waals surface area contributed by atoms with E-state index in [9.17, 15) is 14.0 Å². The van der Waals surface area contributed by atoms with Gasteiger partial charge in [0.1, 0.15) is 24.1 Å². The third kappa shape index (κ3) is 3.18. The molecule has 0 radical (unpaired) electrons. The predicted molar refractivity (Wildman–Crippen MR) is 125 cm³/mol. The van der Waals surface area contributed by atoms with Crippen LogP contribution in [-0.2, 0) is 20.7 Å². The van der Waals surface area contributed by atoms with Gasteiger partial charge in [0, 0.05) is 46.7 Å². The number of piperidine rings is 1. The van der Waals surface area contributed by atoms with Crippen LogP contribution < -0.4 is 4.74 Å². The number of Topliss-reactive ketones (excluding diaryl/α,β-unsaturated/α-hetero) is 1. The lowest BCUT2D eigenvalue weighted by Crippen LogP contribution is -2.57. The molecule has 3 aliphatic heterocycles. The van der Waals surface area contributed by atoms with Gasteiger partial charge in [-0.1, -0.05) is 29.8 Å². The minimum absolute atomic E-state index is 0.146. The lowest BCUT2D eigenvalue weighted by Gasteiger charge is -2.47. The number of methoxy groups -OCH3 is 1. The fourth-order valence-electron chi connectivity index (χ4n) is 5.67. The van der Waals surface area contributed by atoms with E-state index in [1.54, 1.807) is 6.07 Å². The van der Waals surface area contributed by atoms with Crippen LogP contribution >= 0.6 is 11.6 Å². The summed E-state index contributed by atoms with van der Waals surface area (Å²) in [6.45, 7) is 0.630. The van der Waals surface area contributed by atoms with E-state index in [2.05, 4.69) is 16.0 Å². The summed E-state index contributed by atoms with van der Waals surface area (Å²) >= 11 is 6.71. The number of nitrogens with one attached hydrogen (secondary N) is 1. The summed E-state index contributed by atoms with van der Waals surface area (Å²) in [6.07, 6.45) is 0.789. The van der Waals surface area contributed by atoms with Gasteiger partial charge in [-0.05, 0) is 36.2 Å². The number of carbonyl (C=O) groups excluding carboxylic acids is 2. The molecule has 0 saturated carbocycles. The SMILES string of the molecule is COC(=O)C1C[C@H]2c3c([nH]c4ccccc34)C[C@@H](C1=O)N2CC1=C(Cl)c2cc(F)ccc2OC1. The molecule has 174 valence electrons. The van der Waals surface area contributed by atoms with Gasteiger partial charge in [0.15, 0.2) is 5.78 Å². The van der Waals surface area contributed by atoms with Crippen molar-refractivity contribution >= 4 is 39.3 Å². The number of benzene rings is 2. The van der Waals surface area contributed by atoms with E-state index in [4.69, 9.17) is 21.1 Å². The minimum atomic E-state index is -0.806. The molecule has 0 spiro atoms. The Hall–Kier alpha value is -3.16. The Morgan fingerprint density at radius 3 is 2.91 bits per heavy atom. The fraction of sp³-hybridized carbons (Fsp3) is 0.308. The molecule has 1 N–H and O–H groups in total. The number of hydrogen-bond donors (Lipinski definition) is 1. The van der Waals surface area contributed by atoms with Gasteiger partial charge in [-0.3, -0.25) is 14.5 Å². The van der Waals surface area contributed by atoms with E-state index in [1.807, 2.05) is 18.2 Å². The van der Waals surface area contributed by atoms with Crippen molar-refractivity contribution in [1.82, 2.24) is 9.88 Å². The minimum Gasteiger partial charge on any atom is -0.488 e. The Kier molecular flexibility index (Phi) is 5.00. The maximum Gasteiger partial charge on any atom is 0.316 e. The van der Waals surface area contributed by atoms with Crippen LogP contribution in [-0.4, -0.2) is 47.9 Å². The number of hydrogen-bond acceptors (Lipinski definition) is 5. The number of aromatic amines is 1. The second-order valence-corrected chi connectivity index (χ2v) is 9.41. The number of carbonyl (C=O) groups is 2. The average molecular weight is 481 g/mol. The third-order valence-corrected chi connectivity index (χ3v) is 7.71. The summed E-state index contributed by atoms with van der Waals surface area (Å²) in [6, 6.07) is 11.6. The van der Waals surface area contributed by atoms with E-state index >= 15 is 0 Å². The molecular formula is C26H22ClFN2O4. The van der Waals surface area contributed by atoms with Crippen molar-refractivity contribution in [3.8, 4) is 5.75 Å². The van der Waals surface area contributed by atoms with Gasteiger partial charge in [-0.25, -0.2) is 4.39 Å². The second-order valence-electron chi connectivity index (χ2n) is 9.03. The summed E-state index contributed by atoms with van der Waals surface area (Å²) in [5, 5.41) is 1.52. The highest BCUT2D eigenvalue weighted by Gasteiger charge is 2.50. The Morgan fingerprint density at radius 1 is 1.26 bits per heavy atom. The van der Waals surface area contributed by atoms with Crippen molar-refractivity contribution in [1.29, 1.82) is 0 Å². The van der Waals surface area contributed by atoms with E-state index < -0.39 is 23.7 Å². The number of ether oxygens (including phenoxy) is 2. The summed E-state index contributed by atoms with van der Waals surface area (Å²) in [5.74, 6) is -1.30. The van der Waals surface area contributed by atoms with E-state index in [0.29, 0.717) is 35.7 Å². The standard InChI is InChI=1S/C26H22ClFN2O4/c1-33-26(32)17-9-20-23-15-4-2-3-5-18(15)29-19(23)10-21(25(17)31)30(20)11-13-12-34-22-7-6-14(28)8-16(22)24(13)27/h2-8,17,20-21,29H,9-12H2,1H3/t17?,20-,21-/m0/s1. The highest BCUT2D eigenvalue weighted by molar-refractivity contribution is 6.49. The first-order valence-electron chi connectivity index (χ1n) is 11.2. The Balaban J connectivity index is 1.44. The van der Waals surface area contributed by atoms with Gasteiger partial charge in [0.05, 0.1) is 18.2 Å². The van der Waals surface area contributed by atoms with Crippen LogP contribution in [0.4, 0.5) is 4.39 Å². The molecule has 0 amide bonds. The van der Waals surface area contributed by atoms with Crippen LogP contribution in [0.2, 0.25) is 0 Å². The number of H-pyrrole nitrogens is 1. The number of para-hydroxylation sites is 1.